The lowest BCUT2D eigenvalue weighted by Gasteiger charge is -2.15. The number of ether oxygens (including phenoxy) is 3. The molecule has 21 heavy (non-hydrogen) atoms. The minimum Gasteiger partial charge on any atom is -0.466 e. The highest BCUT2D eigenvalue weighted by Gasteiger charge is 2.14. The lowest BCUT2D eigenvalue weighted by atomic mass is 10.3. The summed E-state index contributed by atoms with van der Waals surface area (Å²) in [5.74, 6) is -1.57. The summed E-state index contributed by atoms with van der Waals surface area (Å²) in [5, 5.41) is 0. The Morgan fingerprint density at radius 1 is 1.10 bits per heavy atom. The Labute approximate surface area is 125 Å². The van der Waals surface area contributed by atoms with Crippen molar-refractivity contribution in [2.75, 3.05) is 7.11 Å². The van der Waals surface area contributed by atoms with Gasteiger partial charge in [0.05, 0.1) is 7.11 Å². The van der Waals surface area contributed by atoms with E-state index >= 15 is 0 Å². The van der Waals surface area contributed by atoms with Gasteiger partial charge < -0.3 is 14.2 Å². The monoisotopic (exact) mass is 298 g/mol. The molecule has 0 aromatic carbocycles. The van der Waals surface area contributed by atoms with Gasteiger partial charge in [-0.15, -0.1) is 0 Å². The van der Waals surface area contributed by atoms with Gasteiger partial charge in [0.2, 0.25) is 6.29 Å². The van der Waals surface area contributed by atoms with Gasteiger partial charge in [-0.2, -0.15) is 0 Å². The summed E-state index contributed by atoms with van der Waals surface area (Å²) in [7, 11) is 1.33. The molecule has 0 unspecified atom stereocenters. The van der Waals surface area contributed by atoms with Gasteiger partial charge >= 0.3 is 17.9 Å². The standard InChI is InChI=1S/C10H14O4.C5H8O2/c1-4-7-10(13-8(11)5-2)14-9(12)6-3;1-4(2)5(6)7-3/h5-6,10H,2-4,7H2,1H3;1H2,2-3H3. The second kappa shape index (κ2) is 12.7. The fraction of sp³-hybridized carbons (Fsp3) is 0.400. The molecule has 0 atom stereocenters. The maximum absolute atomic E-state index is 10.8. The van der Waals surface area contributed by atoms with Crippen molar-refractivity contribution in [2.24, 2.45) is 0 Å². The largest absolute Gasteiger partial charge is 0.466 e. The van der Waals surface area contributed by atoms with E-state index in [9.17, 15) is 14.4 Å². The molecule has 0 saturated carbocycles. The second-order valence-corrected chi connectivity index (χ2v) is 3.77. The zero-order valence-corrected chi connectivity index (χ0v) is 12.7. The molecule has 0 spiro atoms. The van der Waals surface area contributed by atoms with Crippen molar-refractivity contribution in [1.29, 1.82) is 0 Å². The Kier molecular flexibility index (Phi) is 12.6. The maximum Gasteiger partial charge on any atom is 0.333 e. The van der Waals surface area contributed by atoms with Crippen LogP contribution in [0.5, 0.6) is 0 Å². The Morgan fingerprint density at radius 2 is 1.52 bits per heavy atom. The molecule has 0 aliphatic carbocycles. The van der Waals surface area contributed by atoms with Gasteiger partial charge in [0.1, 0.15) is 0 Å². The summed E-state index contributed by atoms with van der Waals surface area (Å²) in [6.45, 7) is 13.3. The van der Waals surface area contributed by atoms with Crippen LogP contribution in [0.2, 0.25) is 0 Å². The molecule has 0 rings (SSSR count). The first kappa shape index (κ1) is 20.9. The van der Waals surface area contributed by atoms with Gasteiger partial charge in [-0.05, 0) is 13.3 Å². The number of hydrogen-bond acceptors (Lipinski definition) is 6. The van der Waals surface area contributed by atoms with E-state index in [1.54, 1.807) is 6.92 Å². The minimum absolute atomic E-state index is 0.347. The van der Waals surface area contributed by atoms with Crippen LogP contribution >= 0.6 is 0 Å². The quantitative estimate of drug-likeness (QED) is 0.407. The zero-order valence-electron chi connectivity index (χ0n) is 12.7. The molecule has 0 amide bonds. The number of methoxy groups -OCH3 is 1. The average molecular weight is 298 g/mol. The smallest absolute Gasteiger partial charge is 0.333 e. The van der Waals surface area contributed by atoms with Gasteiger partial charge in [0, 0.05) is 24.1 Å². The average Bonchev–Trinajstić information content (AvgIpc) is 2.46. The minimum atomic E-state index is -0.851. The molecule has 0 aromatic rings. The molecule has 6 heteroatoms. The third kappa shape index (κ3) is 12.4. The fourth-order valence-electron chi connectivity index (χ4n) is 0.907. The number of carbonyl (C=O) groups excluding carboxylic acids is 3. The first-order valence-electron chi connectivity index (χ1n) is 6.22. The third-order valence-electron chi connectivity index (χ3n) is 1.89. The van der Waals surface area contributed by atoms with Gasteiger partial charge in [-0.3, -0.25) is 0 Å². The Balaban J connectivity index is 0. The second-order valence-electron chi connectivity index (χ2n) is 3.77. The molecule has 0 heterocycles. The van der Waals surface area contributed by atoms with E-state index in [-0.39, 0.29) is 5.97 Å². The van der Waals surface area contributed by atoms with Crippen LogP contribution in [0.4, 0.5) is 0 Å². The Bertz CT molecular complexity index is 375. The van der Waals surface area contributed by atoms with Crippen molar-refractivity contribution >= 4 is 17.9 Å². The van der Waals surface area contributed by atoms with Gasteiger partial charge in [-0.1, -0.05) is 26.7 Å². The molecule has 0 radical (unpaired) electrons. The van der Waals surface area contributed by atoms with Crippen molar-refractivity contribution in [3.8, 4) is 0 Å². The molecule has 0 aliphatic rings. The maximum atomic E-state index is 10.8. The topological polar surface area (TPSA) is 78.9 Å². The zero-order chi connectivity index (χ0) is 16.8. The molecule has 0 bridgehead atoms. The van der Waals surface area contributed by atoms with Crippen molar-refractivity contribution in [1.82, 2.24) is 0 Å². The van der Waals surface area contributed by atoms with E-state index in [4.69, 9.17) is 9.47 Å². The predicted molar refractivity (Wildman–Crippen MR) is 78.1 cm³/mol. The van der Waals surface area contributed by atoms with E-state index in [0.717, 1.165) is 18.6 Å². The summed E-state index contributed by atoms with van der Waals surface area (Å²) < 4.78 is 13.8. The van der Waals surface area contributed by atoms with Crippen LogP contribution in [0.3, 0.4) is 0 Å². The van der Waals surface area contributed by atoms with Crippen molar-refractivity contribution in [3.05, 3.63) is 37.5 Å². The molecule has 0 N–H and O–H groups in total. The van der Waals surface area contributed by atoms with Crippen LogP contribution < -0.4 is 0 Å². The molecule has 6 nitrogen and oxygen atoms in total. The Hall–Kier alpha value is -2.37. The first-order chi connectivity index (χ1) is 9.81. The van der Waals surface area contributed by atoms with Crippen LogP contribution in [0.1, 0.15) is 26.7 Å². The van der Waals surface area contributed by atoms with Crippen LogP contribution in [-0.4, -0.2) is 31.3 Å². The van der Waals surface area contributed by atoms with Crippen LogP contribution in [-0.2, 0) is 28.6 Å². The summed E-state index contributed by atoms with van der Waals surface area (Å²) in [5.41, 5.74) is 0.433. The van der Waals surface area contributed by atoms with Crippen LogP contribution in [0.25, 0.3) is 0 Å². The third-order valence-corrected chi connectivity index (χ3v) is 1.89. The van der Waals surface area contributed by atoms with Gasteiger partial charge in [-0.25, -0.2) is 14.4 Å². The van der Waals surface area contributed by atoms with Crippen molar-refractivity contribution in [3.63, 3.8) is 0 Å². The van der Waals surface area contributed by atoms with Gasteiger partial charge in [0.25, 0.3) is 0 Å². The highest BCUT2D eigenvalue weighted by Crippen LogP contribution is 2.05. The molecular formula is C15H22O6. The predicted octanol–water partition coefficient (Wildman–Crippen LogP) is 2.31. The SMILES string of the molecule is C=C(C)C(=O)OC.C=CC(=O)OC(CCC)OC(=O)C=C. The normalized spacial score (nSPS) is 8.76. The van der Waals surface area contributed by atoms with Gasteiger partial charge in [0.15, 0.2) is 0 Å². The Morgan fingerprint density at radius 3 is 1.71 bits per heavy atom. The molecule has 0 aromatic heterocycles. The van der Waals surface area contributed by atoms with E-state index in [2.05, 4.69) is 24.5 Å². The van der Waals surface area contributed by atoms with Crippen LogP contribution in [0, 0.1) is 0 Å². The molecular weight excluding hydrogens is 276 g/mol. The number of rotatable bonds is 7. The number of carbonyl (C=O) groups is 3. The highest BCUT2D eigenvalue weighted by molar-refractivity contribution is 5.86. The van der Waals surface area contributed by atoms with Crippen molar-refractivity contribution < 1.29 is 28.6 Å². The van der Waals surface area contributed by atoms with E-state index < -0.39 is 18.2 Å². The summed E-state index contributed by atoms with van der Waals surface area (Å²) >= 11 is 0. The number of esters is 3. The molecule has 0 fully saturated rings. The fourth-order valence-corrected chi connectivity index (χ4v) is 0.907. The molecule has 0 saturated heterocycles. The molecule has 0 aliphatic heterocycles. The van der Waals surface area contributed by atoms with Crippen molar-refractivity contribution in [2.45, 2.75) is 33.0 Å². The number of hydrogen-bond donors (Lipinski definition) is 0. The van der Waals surface area contributed by atoms with Crippen LogP contribution in [0.15, 0.2) is 37.5 Å². The highest BCUT2D eigenvalue weighted by atomic mass is 16.7. The first-order valence-corrected chi connectivity index (χ1v) is 6.22. The molecule has 118 valence electrons. The lowest BCUT2D eigenvalue weighted by molar-refractivity contribution is -0.181. The van der Waals surface area contributed by atoms with E-state index in [0.29, 0.717) is 12.0 Å². The van der Waals surface area contributed by atoms with E-state index in [1.165, 1.54) is 7.11 Å². The summed E-state index contributed by atoms with van der Waals surface area (Å²) in [6.07, 6.45) is 2.38. The van der Waals surface area contributed by atoms with E-state index in [1.807, 2.05) is 6.92 Å². The summed E-state index contributed by atoms with van der Waals surface area (Å²) in [6, 6.07) is 0. The summed E-state index contributed by atoms with van der Waals surface area (Å²) in [4.78, 5) is 31.8. The lowest BCUT2D eigenvalue weighted by Crippen LogP contribution is -2.22.